The van der Waals surface area contributed by atoms with Gasteiger partial charge < -0.3 is 25.4 Å². The van der Waals surface area contributed by atoms with E-state index in [2.05, 4.69) is 16.0 Å². The van der Waals surface area contributed by atoms with Crippen molar-refractivity contribution < 1.29 is 28.7 Å². The molecule has 1 aromatic rings. The first kappa shape index (κ1) is 29.2. The maximum atomic E-state index is 12.9. The van der Waals surface area contributed by atoms with Crippen molar-refractivity contribution in [1.29, 1.82) is 0 Å². The summed E-state index contributed by atoms with van der Waals surface area (Å²) in [5.74, 6) is -0.775. The molecular weight excluding hydrogens is 462 g/mol. The van der Waals surface area contributed by atoms with Crippen LogP contribution in [0, 0.1) is 0 Å². The fourth-order valence-electron chi connectivity index (χ4n) is 2.74. The smallest absolute Gasteiger partial charge is 0.408 e. The average Bonchev–Trinajstić information content (AvgIpc) is 2.69. The molecule has 3 N–H and O–H groups in total. The lowest BCUT2D eigenvalue weighted by Gasteiger charge is -2.23. The molecule has 0 bridgehead atoms. The van der Waals surface area contributed by atoms with E-state index < -0.39 is 35.3 Å². The average molecular weight is 498 g/mol. The van der Waals surface area contributed by atoms with Gasteiger partial charge in [0.15, 0.2) is 5.78 Å². The number of ether oxygens (including phenoxy) is 2. The molecule has 0 aliphatic carbocycles. The molecule has 1 rings (SSSR count). The van der Waals surface area contributed by atoms with Gasteiger partial charge in [-0.1, -0.05) is 0 Å². The first-order valence-electron chi connectivity index (χ1n) is 11.2. The maximum absolute atomic E-state index is 12.9. The summed E-state index contributed by atoms with van der Waals surface area (Å²) in [6.45, 7) is 10.9. The zero-order valence-corrected chi connectivity index (χ0v) is 21.5. The van der Waals surface area contributed by atoms with Gasteiger partial charge in [0.2, 0.25) is 5.91 Å². The Kier molecular flexibility index (Phi) is 11.3. The van der Waals surface area contributed by atoms with Crippen LogP contribution in [0.4, 0.5) is 15.3 Å². The van der Waals surface area contributed by atoms with Crippen LogP contribution in [0.25, 0.3) is 0 Å². The number of Topliss-reactive ketones (excluding diaryl/α,β-unsaturated/α-hetero) is 1. The van der Waals surface area contributed by atoms with Crippen LogP contribution in [0.15, 0.2) is 24.3 Å². The SMILES string of the molecule is CC(C)(C)OC(=O)NCCCC[C@H](NC(=O)OC(C)(C)C)C(=O)Nc1ccc(C(=O)CCl)cc1. The Morgan fingerprint density at radius 3 is 1.97 bits per heavy atom. The lowest BCUT2D eigenvalue weighted by atomic mass is 10.1. The number of amides is 3. The topological polar surface area (TPSA) is 123 Å². The molecule has 0 saturated heterocycles. The second kappa shape index (κ2) is 13.2. The van der Waals surface area contributed by atoms with Crippen molar-refractivity contribution in [2.75, 3.05) is 17.7 Å². The van der Waals surface area contributed by atoms with Crippen molar-refractivity contribution in [3.8, 4) is 0 Å². The Balaban J connectivity index is 2.70. The fourth-order valence-corrected chi connectivity index (χ4v) is 2.90. The van der Waals surface area contributed by atoms with E-state index in [4.69, 9.17) is 21.1 Å². The summed E-state index contributed by atoms with van der Waals surface area (Å²) < 4.78 is 10.5. The van der Waals surface area contributed by atoms with Crippen molar-refractivity contribution in [3.05, 3.63) is 29.8 Å². The molecule has 9 nitrogen and oxygen atoms in total. The van der Waals surface area contributed by atoms with Gasteiger partial charge in [0.25, 0.3) is 0 Å². The third-order valence-electron chi connectivity index (χ3n) is 4.19. The molecule has 0 aliphatic rings. The number of ketones is 1. The molecule has 3 amide bonds. The van der Waals surface area contributed by atoms with E-state index in [1.807, 2.05) is 0 Å². The first-order valence-corrected chi connectivity index (χ1v) is 11.7. The molecule has 10 heteroatoms. The van der Waals surface area contributed by atoms with Crippen LogP contribution in [0.2, 0.25) is 0 Å². The third-order valence-corrected chi connectivity index (χ3v) is 4.43. The van der Waals surface area contributed by atoms with Crippen LogP contribution < -0.4 is 16.0 Å². The monoisotopic (exact) mass is 497 g/mol. The van der Waals surface area contributed by atoms with Crippen LogP contribution >= 0.6 is 11.6 Å². The Morgan fingerprint density at radius 1 is 0.882 bits per heavy atom. The van der Waals surface area contributed by atoms with Crippen LogP contribution in [0.3, 0.4) is 0 Å². The van der Waals surface area contributed by atoms with Crippen LogP contribution in [0.1, 0.15) is 71.2 Å². The number of benzene rings is 1. The lowest BCUT2D eigenvalue weighted by Crippen LogP contribution is -2.45. The number of anilines is 1. The largest absolute Gasteiger partial charge is 0.444 e. The number of hydrogen-bond acceptors (Lipinski definition) is 6. The summed E-state index contributed by atoms with van der Waals surface area (Å²) >= 11 is 5.56. The summed E-state index contributed by atoms with van der Waals surface area (Å²) in [4.78, 5) is 48.5. The molecule has 1 atom stereocenters. The molecule has 190 valence electrons. The Hall–Kier alpha value is -2.81. The van der Waals surface area contributed by atoms with Crippen molar-refractivity contribution in [1.82, 2.24) is 10.6 Å². The predicted octanol–water partition coefficient (Wildman–Crippen LogP) is 4.63. The first-order chi connectivity index (χ1) is 15.7. The number of alkyl halides is 1. The zero-order valence-electron chi connectivity index (χ0n) is 20.7. The highest BCUT2D eigenvalue weighted by molar-refractivity contribution is 6.30. The van der Waals surface area contributed by atoms with Gasteiger partial charge in [-0.15, -0.1) is 11.6 Å². The highest BCUT2D eigenvalue weighted by Crippen LogP contribution is 2.14. The molecule has 0 spiro atoms. The summed E-state index contributed by atoms with van der Waals surface area (Å²) in [5, 5.41) is 8.00. The summed E-state index contributed by atoms with van der Waals surface area (Å²) in [7, 11) is 0. The quantitative estimate of drug-likeness (QED) is 0.246. The van der Waals surface area contributed by atoms with Crippen LogP contribution in [-0.2, 0) is 14.3 Å². The molecular formula is C24H36ClN3O6. The Morgan fingerprint density at radius 2 is 1.44 bits per heavy atom. The van der Waals surface area contributed by atoms with E-state index in [0.29, 0.717) is 37.1 Å². The third kappa shape index (κ3) is 12.4. The van der Waals surface area contributed by atoms with E-state index in [1.165, 1.54) is 0 Å². The van der Waals surface area contributed by atoms with Crippen molar-refractivity contribution in [3.63, 3.8) is 0 Å². The summed E-state index contributed by atoms with van der Waals surface area (Å²) in [6, 6.07) is 5.46. The number of nitrogens with one attached hydrogen (secondary N) is 3. The molecule has 1 aromatic carbocycles. The molecule has 0 saturated carbocycles. The maximum Gasteiger partial charge on any atom is 0.408 e. The van der Waals surface area contributed by atoms with E-state index in [-0.39, 0.29) is 11.7 Å². The molecule has 0 heterocycles. The number of carbonyl (C=O) groups excluding carboxylic acids is 4. The fraction of sp³-hybridized carbons (Fsp3) is 0.583. The molecule has 0 aliphatic heterocycles. The van der Waals surface area contributed by atoms with Gasteiger partial charge in [0, 0.05) is 17.8 Å². The minimum absolute atomic E-state index is 0.129. The number of rotatable bonds is 10. The Labute approximate surface area is 206 Å². The van der Waals surface area contributed by atoms with Crippen molar-refractivity contribution in [2.45, 2.75) is 78.0 Å². The number of halogens is 1. The molecule has 34 heavy (non-hydrogen) atoms. The van der Waals surface area contributed by atoms with Gasteiger partial charge in [-0.25, -0.2) is 9.59 Å². The van der Waals surface area contributed by atoms with Crippen LogP contribution in [0.5, 0.6) is 0 Å². The Bertz CT molecular complexity index is 844. The lowest BCUT2D eigenvalue weighted by molar-refractivity contribution is -0.118. The highest BCUT2D eigenvalue weighted by Gasteiger charge is 2.24. The number of hydrogen-bond donors (Lipinski definition) is 3. The van der Waals surface area contributed by atoms with Gasteiger partial charge in [0.05, 0.1) is 5.88 Å². The van der Waals surface area contributed by atoms with E-state index in [9.17, 15) is 19.2 Å². The summed E-state index contributed by atoms with van der Waals surface area (Å²) in [5.41, 5.74) is -0.388. The van der Waals surface area contributed by atoms with Gasteiger partial charge >= 0.3 is 12.2 Å². The zero-order chi connectivity index (χ0) is 25.9. The van der Waals surface area contributed by atoms with Gasteiger partial charge in [-0.3, -0.25) is 9.59 Å². The standard InChI is InChI=1S/C24H36ClN3O6/c1-23(2,3)33-21(31)26-14-8-7-9-18(28-22(32)34-24(4,5)6)20(30)27-17-12-10-16(11-13-17)19(29)15-25/h10-13,18H,7-9,14-15H2,1-6H3,(H,26,31)(H,27,30)(H,28,32)/t18-/m0/s1. The second-order valence-electron chi connectivity index (χ2n) is 9.75. The van der Waals surface area contributed by atoms with E-state index >= 15 is 0 Å². The minimum atomic E-state index is -0.861. The van der Waals surface area contributed by atoms with Crippen molar-refractivity contribution in [2.24, 2.45) is 0 Å². The number of carbonyl (C=O) groups is 4. The summed E-state index contributed by atoms with van der Waals surface area (Å²) in [6.07, 6.45) is 0.234. The predicted molar refractivity (Wildman–Crippen MR) is 131 cm³/mol. The van der Waals surface area contributed by atoms with Crippen molar-refractivity contribution >= 4 is 41.2 Å². The van der Waals surface area contributed by atoms with E-state index in [0.717, 1.165) is 0 Å². The van der Waals surface area contributed by atoms with E-state index in [1.54, 1.807) is 65.8 Å². The molecule has 0 aromatic heterocycles. The van der Waals surface area contributed by atoms with Gasteiger partial charge in [-0.2, -0.15) is 0 Å². The second-order valence-corrected chi connectivity index (χ2v) is 10.0. The molecule has 0 radical (unpaired) electrons. The number of alkyl carbamates (subject to hydrolysis) is 2. The molecule has 0 unspecified atom stereocenters. The highest BCUT2D eigenvalue weighted by atomic mass is 35.5. The normalized spacial score (nSPS) is 12.3. The van der Waals surface area contributed by atoms with Gasteiger partial charge in [0.1, 0.15) is 17.2 Å². The molecule has 0 fully saturated rings. The van der Waals surface area contributed by atoms with Gasteiger partial charge in [-0.05, 0) is 85.1 Å². The van der Waals surface area contributed by atoms with Crippen LogP contribution in [-0.4, -0.2) is 53.5 Å². The minimum Gasteiger partial charge on any atom is -0.444 e. The number of unbranched alkanes of at least 4 members (excludes halogenated alkanes) is 1.